The molecule has 3 aromatic rings. The van der Waals surface area contributed by atoms with Gasteiger partial charge in [0.1, 0.15) is 6.04 Å². The molecule has 2 aromatic heterocycles. The Morgan fingerprint density at radius 2 is 1.94 bits per heavy atom. The first-order valence-electron chi connectivity index (χ1n) is 12.0. The van der Waals surface area contributed by atoms with Crippen LogP contribution in [-0.2, 0) is 11.3 Å². The first-order valence-corrected chi connectivity index (χ1v) is 12.0. The zero-order valence-corrected chi connectivity index (χ0v) is 20.3. The topological polar surface area (TPSA) is 112 Å². The summed E-state index contributed by atoms with van der Waals surface area (Å²) in [5, 5.41) is 12.3. The van der Waals surface area contributed by atoms with Crippen LogP contribution in [0.2, 0.25) is 0 Å². The first kappa shape index (κ1) is 23.9. The van der Waals surface area contributed by atoms with Crippen LogP contribution in [0.3, 0.4) is 0 Å². The van der Waals surface area contributed by atoms with E-state index in [2.05, 4.69) is 15.5 Å². The monoisotopic (exact) mass is 467 g/mol. The fourth-order valence-corrected chi connectivity index (χ4v) is 4.53. The smallest absolute Gasteiger partial charge is 0.379 e. The summed E-state index contributed by atoms with van der Waals surface area (Å²) in [6, 6.07) is 7.18. The molecule has 0 radical (unpaired) electrons. The van der Waals surface area contributed by atoms with Gasteiger partial charge in [-0.2, -0.15) is 10.1 Å². The van der Waals surface area contributed by atoms with Gasteiger partial charge in [-0.15, -0.1) is 0 Å². The number of ether oxygens (including phenoxy) is 1. The lowest BCUT2D eigenvalue weighted by Gasteiger charge is -2.28. The molecule has 1 fully saturated rings. The minimum absolute atomic E-state index is 0.148. The minimum Gasteiger partial charge on any atom is -0.460 e. The summed E-state index contributed by atoms with van der Waals surface area (Å²) in [5.41, 5.74) is 0.855. The van der Waals surface area contributed by atoms with Gasteiger partial charge in [0.05, 0.1) is 12.1 Å². The molecule has 1 amide bonds. The largest absolute Gasteiger partial charge is 0.460 e. The first-order chi connectivity index (χ1) is 16.3. The fraction of sp³-hybridized carbons (Fsp3) is 0.560. The predicted octanol–water partition coefficient (Wildman–Crippen LogP) is 4.69. The van der Waals surface area contributed by atoms with Crippen molar-refractivity contribution in [3.05, 3.63) is 41.7 Å². The van der Waals surface area contributed by atoms with Crippen molar-refractivity contribution in [2.75, 3.05) is 6.61 Å². The van der Waals surface area contributed by atoms with E-state index in [1.54, 1.807) is 6.92 Å². The Bertz CT molecular complexity index is 1150. The summed E-state index contributed by atoms with van der Waals surface area (Å²) < 4.78 is 12.3. The van der Waals surface area contributed by atoms with Crippen LogP contribution < -0.4 is 5.32 Å². The maximum atomic E-state index is 13.5. The number of nitrogens with one attached hydrogen (secondary N) is 1. The van der Waals surface area contributed by atoms with Gasteiger partial charge in [0.15, 0.2) is 5.69 Å². The molecule has 0 bridgehead atoms. The summed E-state index contributed by atoms with van der Waals surface area (Å²) in [4.78, 5) is 29.6. The predicted molar refractivity (Wildman–Crippen MR) is 126 cm³/mol. The van der Waals surface area contributed by atoms with Crippen molar-refractivity contribution in [2.45, 2.75) is 72.4 Å². The Labute approximate surface area is 199 Å². The van der Waals surface area contributed by atoms with Crippen molar-refractivity contribution in [3.8, 4) is 0 Å². The summed E-state index contributed by atoms with van der Waals surface area (Å²) in [6.07, 6.45) is 6.19. The van der Waals surface area contributed by atoms with Gasteiger partial charge in [0.25, 0.3) is 11.7 Å². The molecule has 1 atom stereocenters. The molecular weight excluding hydrogens is 434 g/mol. The second-order valence-corrected chi connectivity index (χ2v) is 10.0. The van der Waals surface area contributed by atoms with Gasteiger partial charge in [-0.05, 0) is 42.3 Å². The molecule has 0 aliphatic heterocycles. The maximum absolute atomic E-state index is 13.5. The van der Waals surface area contributed by atoms with E-state index in [-0.39, 0.29) is 24.2 Å². The van der Waals surface area contributed by atoms with Gasteiger partial charge in [0, 0.05) is 11.9 Å². The van der Waals surface area contributed by atoms with Crippen LogP contribution in [0.15, 0.2) is 28.8 Å². The zero-order valence-electron chi connectivity index (χ0n) is 20.3. The Balaban J connectivity index is 1.61. The number of esters is 1. The Morgan fingerprint density at radius 3 is 2.65 bits per heavy atom. The number of carbonyl (C=O) groups excluding carboxylic acids is 2. The molecule has 1 saturated carbocycles. The quantitative estimate of drug-likeness (QED) is 0.502. The van der Waals surface area contributed by atoms with Crippen LogP contribution in [0.25, 0.3) is 10.9 Å². The highest BCUT2D eigenvalue weighted by Gasteiger charge is 2.35. The maximum Gasteiger partial charge on any atom is 0.379 e. The third-order valence-electron chi connectivity index (χ3n) is 6.32. The number of fused-ring (bicyclic) bond motifs is 1. The molecule has 9 heteroatoms. The highest BCUT2D eigenvalue weighted by molar-refractivity contribution is 6.05. The number of carbonyl (C=O) groups is 2. The number of benzene rings is 1. The molecule has 1 N–H and O–H groups in total. The molecule has 2 heterocycles. The molecule has 1 aliphatic rings. The number of nitrogens with zero attached hydrogens (tertiary/aromatic N) is 4. The molecule has 34 heavy (non-hydrogen) atoms. The van der Waals surface area contributed by atoms with E-state index in [1.165, 1.54) is 32.1 Å². The second-order valence-electron chi connectivity index (χ2n) is 10.0. The average molecular weight is 468 g/mol. The van der Waals surface area contributed by atoms with Crippen molar-refractivity contribution in [3.63, 3.8) is 0 Å². The summed E-state index contributed by atoms with van der Waals surface area (Å²) >= 11 is 0. The third-order valence-corrected chi connectivity index (χ3v) is 6.32. The van der Waals surface area contributed by atoms with Crippen molar-refractivity contribution in [1.82, 2.24) is 25.2 Å². The van der Waals surface area contributed by atoms with Gasteiger partial charge in [-0.1, -0.05) is 58.2 Å². The Morgan fingerprint density at radius 1 is 1.21 bits per heavy atom. The van der Waals surface area contributed by atoms with E-state index in [0.717, 1.165) is 17.4 Å². The molecule has 4 rings (SSSR count). The minimum atomic E-state index is -0.663. The zero-order chi connectivity index (χ0) is 24.3. The third kappa shape index (κ3) is 5.13. The van der Waals surface area contributed by atoms with Gasteiger partial charge < -0.3 is 14.6 Å². The van der Waals surface area contributed by atoms with Crippen molar-refractivity contribution in [1.29, 1.82) is 0 Å². The van der Waals surface area contributed by atoms with Crippen molar-refractivity contribution < 1.29 is 18.8 Å². The number of hydrogen-bond acceptors (Lipinski definition) is 7. The van der Waals surface area contributed by atoms with E-state index < -0.39 is 17.4 Å². The van der Waals surface area contributed by atoms with Gasteiger partial charge in [-0.3, -0.25) is 9.48 Å². The van der Waals surface area contributed by atoms with E-state index in [0.29, 0.717) is 11.6 Å². The standard InChI is InChI=1S/C25H33N5O4/c1-5-33-24(32)21-27-23(34-29-21)20(25(2,3)4)26-22(31)19-17-13-9-10-14-18(17)30(28-19)15-16-11-7-6-8-12-16/h9-10,13-14,16,20H,5-8,11-12,15H2,1-4H3,(H,26,31). The summed E-state index contributed by atoms with van der Waals surface area (Å²) in [7, 11) is 0. The lowest BCUT2D eigenvalue weighted by molar-refractivity contribution is 0.0508. The Kier molecular flexibility index (Phi) is 7.00. The molecular formula is C25H33N5O4. The molecule has 1 aliphatic carbocycles. The van der Waals surface area contributed by atoms with Gasteiger partial charge >= 0.3 is 5.97 Å². The molecule has 0 spiro atoms. The number of hydrogen-bond donors (Lipinski definition) is 1. The highest BCUT2D eigenvalue weighted by atomic mass is 16.5. The van der Waals surface area contributed by atoms with Crippen LogP contribution >= 0.6 is 0 Å². The van der Waals surface area contributed by atoms with E-state index in [9.17, 15) is 9.59 Å². The summed E-state index contributed by atoms with van der Waals surface area (Å²) in [5.74, 6) is -0.425. The second kappa shape index (κ2) is 9.95. The fourth-order valence-electron chi connectivity index (χ4n) is 4.53. The lowest BCUT2D eigenvalue weighted by atomic mass is 9.86. The SMILES string of the molecule is CCOC(=O)c1noc(C(NC(=O)c2nn(CC3CCCCC3)c3ccccc23)C(C)(C)C)n1. The summed E-state index contributed by atoms with van der Waals surface area (Å²) in [6.45, 7) is 8.57. The Hall–Kier alpha value is -3.23. The van der Waals surface area contributed by atoms with E-state index in [4.69, 9.17) is 14.4 Å². The van der Waals surface area contributed by atoms with Crippen LogP contribution in [0.5, 0.6) is 0 Å². The van der Waals surface area contributed by atoms with Crippen LogP contribution in [0.1, 0.15) is 92.8 Å². The van der Waals surface area contributed by atoms with Gasteiger partial charge in [-0.25, -0.2) is 4.79 Å². The molecule has 9 nitrogen and oxygen atoms in total. The van der Waals surface area contributed by atoms with E-state index in [1.807, 2.05) is 49.7 Å². The number of aromatic nitrogens is 4. The molecule has 1 aromatic carbocycles. The van der Waals surface area contributed by atoms with Gasteiger partial charge in [0.2, 0.25) is 5.89 Å². The van der Waals surface area contributed by atoms with Crippen molar-refractivity contribution in [2.24, 2.45) is 11.3 Å². The highest BCUT2D eigenvalue weighted by Crippen LogP contribution is 2.33. The number of amides is 1. The van der Waals surface area contributed by atoms with E-state index >= 15 is 0 Å². The number of rotatable bonds is 7. The molecule has 0 saturated heterocycles. The lowest BCUT2D eigenvalue weighted by Crippen LogP contribution is -2.37. The number of para-hydroxylation sites is 1. The molecule has 1 unspecified atom stereocenters. The average Bonchev–Trinajstić information content (AvgIpc) is 3.43. The van der Waals surface area contributed by atoms with Crippen LogP contribution in [0.4, 0.5) is 0 Å². The van der Waals surface area contributed by atoms with Crippen LogP contribution in [0, 0.1) is 11.3 Å². The van der Waals surface area contributed by atoms with Crippen LogP contribution in [-0.4, -0.2) is 38.4 Å². The van der Waals surface area contributed by atoms with Crippen molar-refractivity contribution >= 4 is 22.8 Å². The molecule has 182 valence electrons. The normalized spacial score (nSPS) is 15.9.